The molecule has 2 N–H and O–H groups in total. The minimum Gasteiger partial charge on any atom is -0.478 e. The third-order valence-electron chi connectivity index (χ3n) is 6.37. The van der Waals surface area contributed by atoms with Crippen LogP contribution < -0.4 is 9.62 Å². The number of carboxylic acid groups (broad SMARTS) is 1. The van der Waals surface area contributed by atoms with Gasteiger partial charge in [-0.2, -0.15) is 5.10 Å². The summed E-state index contributed by atoms with van der Waals surface area (Å²) in [5, 5.41) is 14.2. The third kappa shape index (κ3) is 5.64. The second kappa shape index (κ2) is 10.1. The number of nitrogens with one attached hydrogen (secondary N) is 1. The summed E-state index contributed by atoms with van der Waals surface area (Å²) in [5.74, 6) is -0.899. The van der Waals surface area contributed by atoms with Crippen LogP contribution in [0.3, 0.4) is 0 Å². The molecule has 0 aliphatic rings. The number of rotatable bonds is 9. The van der Waals surface area contributed by atoms with Gasteiger partial charge in [-0.3, -0.25) is 9.40 Å². The molecule has 0 aliphatic carbocycles. The molecule has 9 nitrogen and oxygen atoms in total. The Bertz CT molecular complexity index is 1380. The van der Waals surface area contributed by atoms with Crippen LogP contribution in [0.25, 0.3) is 0 Å². The summed E-state index contributed by atoms with van der Waals surface area (Å²) in [4.78, 5) is 18.2. The molecule has 188 valence electrons. The van der Waals surface area contributed by atoms with Gasteiger partial charge < -0.3 is 10.0 Å². The van der Waals surface area contributed by atoms with Gasteiger partial charge in [-0.15, -0.1) is 0 Å². The molecule has 35 heavy (non-hydrogen) atoms. The molecule has 2 heterocycles. The zero-order valence-electron chi connectivity index (χ0n) is 21.3. The highest BCUT2D eigenvalue weighted by molar-refractivity contribution is 7.92. The zero-order chi connectivity index (χ0) is 26.1. The summed E-state index contributed by atoms with van der Waals surface area (Å²) < 4.78 is 30.4. The SMILES string of the molecule is Cc1cc(C)c(S(=O)(=O)Nc2cnc(N(C)CCCc3c(C)nn(C)c3C)c(C(=O)O)c2)cc1C. The fraction of sp³-hybridized carbons (Fsp3) is 0.400. The molecule has 0 radical (unpaired) electrons. The van der Waals surface area contributed by atoms with Crippen LogP contribution in [0.15, 0.2) is 29.3 Å². The van der Waals surface area contributed by atoms with Crippen molar-refractivity contribution in [2.45, 2.75) is 52.4 Å². The van der Waals surface area contributed by atoms with Crippen LogP contribution in [0.5, 0.6) is 0 Å². The Balaban J connectivity index is 1.79. The maximum absolute atomic E-state index is 13.0. The fourth-order valence-electron chi connectivity index (χ4n) is 4.19. The summed E-state index contributed by atoms with van der Waals surface area (Å²) in [5.41, 5.74) is 5.79. The predicted octanol–water partition coefficient (Wildman–Crippen LogP) is 3.93. The van der Waals surface area contributed by atoms with E-state index in [4.69, 9.17) is 0 Å². The number of carbonyl (C=O) groups is 1. The van der Waals surface area contributed by atoms with Crippen molar-refractivity contribution in [2.24, 2.45) is 7.05 Å². The van der Waals surface area contributed by atoms with E-state index in [1.165, 1.54) is 17.8 Å². The van der Waals surface area contributed by atoms with E-state index in [-0.39, 0.29) is 22.0 Å². The Morgan fingerprint density at radius 1 is 1.09 bits per heavy atom. The van der Waals surface area contributed by atoms with Crippen LogP contribution in [0.2, 0.25) is 0 Å². The number of hydrogen-bond donors (Lipinski definition) is 2. The van der Waals surface area contributed by atoms with Crippen LogP contribution in [0.4, 0.5) is 11.5 Å². The van der Waals surface area contributed by atoms with Gasteiger partial charge in [0, 0.05) is 26.3 Å². The molecular formula is C25H33N5O4S. The highest BCUT2D eigenvalue weighted by Crippen LogP contribution is 2.26. The number of pyridine rings is 1. The van der Waals surface area contributed by atoms with E-state index in [0.29, 0.717) is 12.1 Å². The van der Waals surface area contributed by atoms with Crippen molar-refractivity contribution in [1.29, 1.82) is 0 Å². The number of sulfonamides is 1. The lowest BCUT2D eigenvalue weighted by molar-refractivity contribution is 0.0697. The van der Waals surface area contributed by atoms with Crippen LogP contribution in [-0.2, 0) is 23.5 Å². The maximum Gasteiger partial charge on any atom is 0.339 e. The lowest BCUT2D eigenvalue weighted by Crippen LogP contribution is -2.23. The number of nitrogens with zero attached hydrogens (tertiary/aromatic N) is 4. The molecule has 0 unspecified atom stereocenters. The monoisotopic (exact) mass is 499 g/mol. The average Bonchev–Trinajstić information content (AvgIpc) is 3.01. The van der Waals surface area contributed by atoms with Crippen LogP contribution in [0, 0.1) is 34.6 Å². The number of carboxylic acids is 1. The molecule has 10 heteroatoms. The molecule has 2 aromatic heterocycles. The average molecular weight is 500 g/mol. The predicted molar refractivity (Wildman–Crippen MR) is 137 cm³/mol. The van der Waals surface area contributed by atoms with Crippen LogP contribution in [0.1, 0.15) is 50.4 Å². The van der Waals surface area contributed by atoms with E-state index < -0.39 is 16.0 Å². The molecule has 1 aromatic carbocycles. The molecule has 0 saturated carbocycles. The minimum atomic E-state index is -3.91. The number of benzene rings is 1. The normalized spacial score (nSPS) is 11.5. The molecule has 0 bridgehead atoms. The van der Waals surface area contributed by atoms with Crippen molar-refractivity contribution in [3.8, 4) is 0 Å². The zero-order valence-corrected chi connectivity index (χ0v) is 22.1. The van der Waals surface area contributed by atoms with Crippen molar-refractivity contribution < 1.29 is 18.3 Å². The van der Waals surface area contributed by atoms with Crippen LogP contribution in [-0.4, -0.2) is 47.9 Å². The van der Waals surface area contributed by atoms with Gasteiger partial charge in [-0.05, 0) is 81.8 Å². The van der Waals surface area contributed by atoms with E-state index in [1.54, 1.807) is 24.9 Å². The summed E-state index contributed by atoms with van der Waals surface area (Å²) in [6, 6.07) is 4.74. The fourth-order valence-corrected chi connectivity index (χ4v) is 5.53. The Labute approximate surface area is 206 Å². The minimum absolute atomic E-state index is 0.0711. The van der Waals surface area contributed by atoms with Gasteiger partial charge in [0.25, 0.3) is 10.0 Å². The van der Waals surface area contributed by atoms with Gasteiger partial charge in [0.1, 0.15) is 11.4 Å². The van der Waals surface area contributed by atoms with Gasteiger partial charge in [0.2, 0.25) is 0 Å². The quantitative estimate of drug-likeness (QED) is 0.458. The van der Waals surface area contributed by atoms with Gasteiger partial charge in [-0.25, -0.2) is 18.2 Å². The van der Waals surface area contributed by atoms with Crippen molar-refractivity contribution in [3.63, 3.8) is 0 Å². The van der Waals surface area contributed by atoms with Crippen molar-refractivity contribution in [2.75, 3.05) is 23.2 Å². The highest BCUT2D eigenvalue weighted by atomic mass is 32.2. The molecule has 0 saturated heterocycles. The van der Waals surface area contributed by atoms with Gasteiger partial charge in [0.15, 0.2) is 0 Å². The summed E-state index contributed by atoms with van der Waals surface area (Å²) in [6.07, 6.45) is 2.94. The Kier molecular flexibility index (Phi) is 7.54. The maximum atomic E-state index is 13.0. The summed E-state index contributed by atoms with van der Waals surface area (Å²) in [7, 11) is -0.222. The number of aryl methyl sites for hydroxylation is 5. The lowest BCUT2D eigenvalue weighted by atomic mass is 10.1. The van der Waals surface area contributed by atoms with E-state index in [1.807, 2.05) is 45.5 Å². The van der Waals surface area contributed by atoms with Crippen molar-refractivity contribution in [3.05, 3.63) is 63.6 Å². The largest absolute Gasteiger partial charge is 0.478 e. The Morgan fingerprint density at radius 2 is 1.74 bits per heavy atom. The summed E-state index contributed by atoms with van der Waals surface area (Å²) in [6.45, 7) is 10.1. The first kappa shape index (κ1) is 26.2. The van der Waals surface area contributed by atoms with E-state index >= 15 is 0 Å². The second-order valence-corrected chi connectivity index (χ2v) is 10.7. The molecule has 3 aromatic rings. The molecular weight excluding hydrogens is 466 g/mol. The number of aromatic carboxylic acids is 1. The van der Waals surface area contributed by atoms with Crippen LogP contribution >= 0.6 is 0 Å². The molecule has 3 rings (SSSR count). The highest BCUT2D eigenvalue weighted by Gasteiger charge is 2.21. The van der Waals surface area contributed by atoms with Gasteiger partial charge >= 0.3 is 5.97 Å². The molecule has 0 aliphatic heterocycles. The summed E-state index contributed by atoms with van der Waals surface area (Å²) >= 11 is 0. The molecule has 0 atom stereocenters. The van der Waals surface area contributed by atoms with Crippen molar-refractivity contribution >= 4 is 27.5 Å². The standard InChI is InChI=1S/C25H33N5O4S/c1-15-11-17(3)23(12-16(15)2)35(33,34)28-20-13-22(25(31)32)24(26-14-20)29(6)10-8-9-21-18(4)27-30(7)19(21)5/h11-14,28H,8-10H2,1-7H3,(H,31,32). The second-order valence-electron chi connectivity index (χ2n) is 9.01. The van der Waals surface area contributed by atoms with Crippen molar-refractivity contribution in [1.82, 2.24) is 14.8 Å². The first-order chi connectivity index (χ1) is 16.3. The van der Waals surface area contributed by atoms with E-state index in [2.05, 4.69) is 14.8 Å². The first-order valence-corrected chi connectivity index (χ1v) is 12.8. The van der Waals surface area contributed by atoms with E-state index in [9.17, 15) is 18.3 Å². The number of hydrogen-bond acceptors (Lipinski definition) is 6. The molecule has 0 amide bonds. The lowest BCUT2D eigenvalue weighted by Gasteiger charge is -2.21. The van der Waals surface area contributed by atoms with E-state index in [0.717, 1.165) is 35.4 Å². The molecule has 0 fully saturated rings. The number of anilines is 2. The third-order valence-corrected chi connectivity index (χ3v) is 7.89. The number of aromatic nitrogens is 3. The molecule has 0 spiro atoms. The first-order valence-electron chi connectivity index (χ1n) is 11.4. The Hall–Kier alpha value is -3.40. The van der Waals surface area contributed by atoms with Gasteiger partial charge in [0.05, 0.1) is 22.5 Å². The van der Waals surface area contributed by atoms with Gasteiger partial charge in [-0.1, -0.05) is 6.07 Å². The Morgan fingerprint density at radius 3 is 2.34 bits per heavy atom. The topological polar surface area (TPSA) is 117 Å². The smallest absolute Gasteiger partial charge is 0.339 e.